The number of rotatable bonds is 3. The van der Waals surface area contributed by atoms with Crippen LogP contribution < -0.4 is 10.6 Å². The standard InChI is InChI=1S/C19H23N3O.2ClH/c1-13-10-11-20-12-18(13)22-19(23)16-8-9-17(21-14(16)2)15-6-4-3-5-7-15;;/h3-9,13,18,20H,10-12H2,1-2H3,(H,22,23);2*1H. The largest absolute Gasteiger partial charge is 0.348 e. The van der Waals surface area contributed by atoms with E-state index in [1.165, 1.54) is 0 Å². The Bertz CT molecular complexity index is 694. The molecule has 0 aliphatic carbocycles. The van der Waals surface area contributed by atoms with Gasteiger partial charge in [-0.1, -0.05) is 37.3 Å². The molecule has 4 nitrogen and oxygen atoms in total. The minimum absolute atomic E-state index is 0. The molecule has 6 heteroatoms. The molecule has 1 aliphatic rings. The number of hydrogen-bond donors (Lipinski definition) is 2. The SMILES string of the molecule is Cc1nc(-c2ccccc2)ccc1C(=O)NC1CNCCC1C.Cl.Cl. The van der Waals surface area contributed by atoms with Gasteiger partial charge in [-0.15, -0.1) is 24.8 Å². The first-order chi connectivity index (χ1) is 11.1. The van der Waals surface area contributed by atoms with Crippen LogP contribution in [-0.2, 0) is 0 Å². The first kappa shape index (κ1) is 21.4. The molecule has 25 heavy (non-hydrogen) atoms. The Hall–Kier alpha value is -1.62. The van der Waals surface area contributed by atoms with Crippen LogP contribution in [0.3, 0.4) is 0 Å². The van der Waals surface area contributed by atoms with E-state index in [4.69, 9.17) is 0 Å². The van der Waals surface area contributed by atoms with E-state index in [-0.39, 0.29) is 36.8 Å². The third-order valence-electron chi connectivity index (χ3n) is 4.54. The highest BCUT2D eigenvalue weighted by Gasteiger charge is 2.23. The van der Waals surface area contributed by atoms with Gasteiger partial charge < -0.3 is 10.6 Å². The van der Waals surface area contributed by atoms with Crippen LogP contribution in [-0.4, -0.2) is 30.0 Å². The average molecular weight is 382 g/mol. The fourth-order valence-corrected chi connectivity index (χ4v) is 3.00. The summed E-state index contributed by atoms with van der Waals surface area (Å²) < 4.78 is 0. The summed E-state index contributed by atoms with van der Waals surface area (Å²) in [5, 5.41) is 6.48. The van der Waals surface area contributed by atoms with Gasteiger partial charge in [-0.3, -0.25) is 9.78 Å². The third-order valence-corrected chi connectivity index (χ3v) is 4.54. The van der Waals surface area contributed by atoms with Gasteiger partial charge in [-0.05, 0) is 37.9 Å². The molecule has 1 aromatic heterocycles. The highest BCUT2D eigenvalue weighted by atomic mass is 35.5. The van der Waals surface area contributed by atoms with E-state index in [1.54, 1.807) is 0 Å². The number of piperidine rings is 1. The number of nitrogens with one attached hydrogen (secondary N) is 2. The van der Waals surface area contributed by atoms with Crippen LogP contribution in [0.2, 0.25) is 0 Å². The Kier molecular flexibility index (Phi) is 8.36. The fourth-order valence-electron chi connectivity index (χ4n) is 3.00. The van der Waals surface area contributed by atoms with Crippen LogP contribution in [0.1, 0.15) is 29.4 Å². The molecule has 136 valence electrons. The molecular formula is C19H25Cl2N3O. The zero-order chi connectivity index (χ0) is 16.2. The van der Waals surface area contributed by atoms with Crippen LogP contribution in [0.5, 0.6) is 0 Å². The molecule has 0 saturated carbocycles. The summed E-state index contributed by atoms with van der Waals surface area (Å²) >= 11 is 0. The van der Waals surface area contributed by atoms with Crippen molar-refractivity contribution in [1.29, 1.82) is 0 Å². The lowest BCUT2D eigenvalue weighted by atomic mass is 9.94. The van der Waals surface area contributed by atoms with Crippen molar-refractivity contribution in [3.8, 4) is 11.3 Å². The number of benzene rings is 1. The molecule has 2 N–H and O–H groups in total. The van der Waals surface area contributed by atoms with E-state index in [1.807, 2.05) is 49.4 Å². The van der Waals surface area contributed by atoms with Gasteiger partial charge in [0, 0.05) is 18.2 Å². The van der Waals surface area contributed by atoms with Crippen molar-refractivity contribution in [2.24, 2.45) is 5.92 Å². The summed E-state index contributed by atoms with van der Waals surface area (Å²) in [5.74, 6) is 0.465. The third kappa shape index (κ3) is 5.18. The number of pyridine rings is 1. The Morgan fingerprint density at radius 3 is 2.52 bits per heavy atom. The van der Waals surface area contributed by atoms with E-state index in [0.717, 1.165) is 36.5 Å². The number of carbonyl (C=O) groups is 1. The zero-order valence-electron chi connectivity index (χ0n) is 14.5. The first-order valence-corrected chi connectivity index (χ1v) is 8.20. The van der Waals surface area contributed by atoms with Crippen LogP contribution in [0.4, 0.5) is 0 Å². The first-order valence-electron chi connectivity index (χ1n) is 8.20. The van der Waals surface area contributed by atoms with E-state index in [0.29, 0.717) is 11.5 Å². The maximum absolute atomic E-state index is 12.5. The number of amides is 1. The normalized spacial score (nSPS) is 19.3. The Balaban J connectivity index is 0.00000156. The molecule has 0 bridgehead atoms. The van der Waals surface area contributed by atoms with Crippen molar-refractivity contribution >= 4 is 30.7 Å². The summed E-state index contributed by atoms with van der Waals surface area (Å²) in [4.78, 5) is 17.1. The van der Waals surface area contributed by atoms with Crippen molar-refractivity contribution in [3.05, 3.63) is 53.7 Å². The van der Waals surface area contributed by atoms with Crippen molar-refractivity contribution in [2.45, 2.75) is 26.3 Å². The summed E-state index contributed by atoms with van der Waals surface area (Å²) in [6.07, 6.45) is 1.09. The topological polar surface area (TPSA) is 54.0 Å². The second-order valence-electron chi connectivity index (χ2n) is 6.25. The van der Waals surface area contributed by atoms with Crippen molar-refractivity contribution < 1.29 is 4.79 Å². The molecule has 2 atom stereocenters. The number of nitrogens with zero attached hydrogens (tertiary/aromatic N) is 1. The van der Waals surface area contributed by atoms with Gasteiger partial charge in [0.1, 0.15) is 0 Å². The van der Waals surface area contributed by atoms with Gasteiger partial charge in [0.2, 0.25) is 0 Å². The van der Waals surface area contributed by atoms with E-state index < -0.39 is 0 Å². The molecule has 2 aromatic rings. The van der Waals surface area contributed by atoms with Crippen LogP contribution in [0.15, 0.2) is 42.5 Å². The molecule has 1 fully saturated rings. The molecule has 1 aromatic carbocycles. The highest BCUT2D eigenvalue weighted by molar-refractivity contribution is 5.95. The van der Waals surface area contributed by atoms with Crippen molar-refractivity contribution in [1.82, 2.24) is 15.6 Å². The monoisotopic (exact) mass is 381 g/mol. The zero-order valence-corrected chi connectivity index (χ0v) is 16.1. The summed E-state index contributed by atoms with van der Waals surface area (Å²) in [7, 11) is 0. The second-order valence-corrected chi connectivity index (χ2v) is 6.25. The van der Waals surface area contributed by atoms with Gasteiger partial charge in [0.25, 0.3) is 5.91 Å². The molecule has 1 amide bonds. The maximum atomic E-state index is 12.5. The molecule has 1 saturated heterocycles. The minimum atomic E-state index is -0.0323. The predicted octanol–water partition coefficient (Wildman–Crippen LogP) is 3.63. The smallest absolute Gasteiger partial charge is 0.253 e. The molecular weight excluding hydrogens is 357 g/mol. The minimum Gasteiger partial charge on any atom is -0.348 e. The number of hydrogen-bond acceptors (Lipinski definition) is 3. The molecule has 0 spiro atoms. The van der Waals surface area contributed by atoms with E-state index >= 15 is 0 Å². The Morgan fingerprint density at radius 1 is 1.16 bits per heavy atom. The molecule has 0 radical (unpaired) electrons. The number of carbonyl (C=O) groups excluding carboxylic acids is 1. The number of aryl methyl sites for hydroxylation is 1. The lowest BCUT2D eigenvalue weighted by Crippen LogP contribution is -2.50. The van der Waals surface area contributed by atoms with Gasteiger partial charge in [0.15, 0.2) is 0 Å². The summed E-state index contributed by atoms with van der Waals surface area (Å²) in [6, 6.07) is 14.0. The maximum Gasteiger partial charge on any atom is 0.253 e. The van der Waals surface area contributed by atoms with Gasteiger partial charge in [0.05, 0.1) is 17.0 Å². The molecule has 2 heterocycles. The quantitative estimate of drug-likeness (QED) is 0.853. The van der Waals surface area contributed by atoms with E-state index in [9.17, 15) is 4.79 Å². The summed E-state index contributed by atoms with van der Waals surface area (Å²) in [5.41, 5.74) is 3.38. The Morgan fingerprint density at radius 2 is 1.88 bits per heavy atom. The van der Waals surface area contributed by atoms with Crippen molar-refractivity contribution in [3.63, 3.8) is 0 Å². The molecule has 1 aliphatic heterocycles. The number of halogens is 2. The highest BCUT2D eigenvalue weighted by Crippen LogP contribution is 2.19. The lowest BCUT2D eigenvalue weighted by molar-refractivity contribution is 0.0914. The molecule has 2 unspecified atom stereocenters. The van der Waals surface area contributed by atoms with Crippen molar-refractivity contribution in [2.75, 3.05) is 13.1 Å². The van der Waals surface area contributed by atoms with Crippen LogP contribution in [0, 0.1) is 12.8 Å². The van der Waals surface area contributed by atoms with Crippen LogP contribution in [0.25, 0.3) is 11.3 Å². The molecule has 3 rings (SSSR count). The van der Waals surface area contributed by atoms with E-state index in [2.05, 4.69) is 22.5 Å². The van der Waals surface area contributed by atoms with Crippen LogP contribution >= 0.6 is 24.8 Å². The van der Waals surface area contributed by atoms with Gasteiger partial charge in [-0.25, -0.2) is 0 Å². The van der Waals surface area contributed by atoms with Gasteiger partial charge >= 0.3 is 0 Å². The number of aromatic nitrogens is 1. The predicted molar refractivity (Wildman–Crippen MR) is 107 cm³/mol. The lowest BCUT2D eigenvalue weighted by Gasteiger charge is -2.30. The Labute approximate surface area is 161 Å². The summed E-state index contributed by atoms with van der Waals surface area (Å²) in [6.45, 7) is 5.95. The average Bonchev–Trinajstić information content (AvgIpc) is 2.57. The second kappa shape index (κ2) is 9.76. The fraction of sp³-hybridized carbons (Fsp3) is 0.368. The van der Waals surface area contributed by atoms with Gasteiger partial charge in [-0.2, -0.15) is 0 Å².